The lowest BCUT2D eigenvalue weighted by atomic mass is 9.63. The number of allylic oxidation sites excluding steroid dienone is 1. The topological polar surface area (TPSA) is 108 Å². The van der Waals surface area contributed by atoms with Crippen molar-refractivity contribution in [2.75, 3.05) is 51.9 Å². The Labute approximate surface area is 302 Å². The molecule has 2 N–H and O–H groups in total. The van der Waals surface area contributed by atoms with Crippen molar-refractivity contribution in [1.82, 2.24) is 9.62 Å². The molecule has 50 heavy (non-hydrogen) atoms. The molecule has 11 heteroatoms. The van der Waals surface area contributed by atoms with Gasteiger partial charge in [-0.3, -0.25) is 14.3 Å². The normalized spacial score (nSPS) is 33.2. The molecule has 1 spiro atoms. The molecule has 2 heterocycles. The zero-order valence-corrected chi connectivity index (χ0v) is 31.4. The minimum absolute atomic E-state index is 0.0428. The third-order valence-corrected chi connectivity index (χ3v) is 14.3. The SMILES string of the molecule is C=S1(=O)NC(=O)c2ccc3c(c2)N(C[C@@H]2CC[C@H]2[C@@](O)(CC(=O)N(C)CCOC)/C=C/C[C@H](C)[C@H]1C)C[C@@]1(CCCc2cc(Cl)ccc21)CO3. The number of ether oxygens (including phenoxy) is 2. The summed E-state index contributed by atoms with van der Waals surface area (Å²) in [6.07, 6.45) is 8.76. The molecule has 0 aromatic heterocycles. The highest BCUT2D eigenvalue weighted by molar-refractivity contribution is 7.99. The number of hydrogen-bond acceptors (Lipinski definition) is 7. The highest BCUT2D eigenvalue weighted by atomic mass is 35.5. The van der Waals surface area contributed by atoms with E-state index >= 15 is 0 Å². The standard InChI is InChI=1S/C39H52ClN3O6S/c1-26-8-6-17-39(46,22-36(44)42(3)18-19-48-4)33-13-10-30(33)23-43-24-38(16-7-9-28-20-31(40)12-14-32(28)38)25-49-35-15-11-29(21-34(35)43)37(45)41-50(5,47)27(26)2/h6,11-12,14-15,17,20-21,26-27,30,33,46H,5,7-10,13,16,18-19,22-25H2,1-4H3,(H,41,45,47)/b17-6+/t26-,27+,30-,33+,38-,39-,50?/m0/s1. The fraction of sp³-hybridized carbons (Fsp3) is 0.564. The van der Waals surface area contributed by atoms with E-state index in [2.05, 4.69) is 27.6 Å². The molecule has 9 nitrogen and oxygen atoms in total. The summed E-state index contributed by atoms with van der Waals surface area (Å²) >= 11 is 6.46. The number of likely N-dealkylation sites (N-methyl/N-ethyl adjacent to an activating group) is 1. The van der Waals surface area contributed by atoms with Crippen LogP contribution in [0.5, 0.6) is 5.75 Å². The summed E-state index contributed by atoms with van der Waals surface area (Å²) in [6, 6.07) is 11.6. The van der Waals surface area contributed by atoms with Crippen molar-refractivity contribution in [2.45, 2.75) is 75.1 Å². The summed E-state index contributed by atoms with van der Waals surface area (Å²) in [7, 11) is 0.309. The molecular weight excluding hydrogens is 674 g/mol. The molecule has 0 radical (unpaired) electrons. The number of amides is 2. The second-order valence-corrected chi connectivity index (χ2v) is 18.0. The highest BCUT2D eigenvalue weighted by Crippen LogP contribution is 2.49. The number of fused-ring (bicyclic) bond motifs is 4. The van der Waals surface area contributed by atoms with Crippen LogP contribution in [-0.2, 0) is 31.1 Å². The number of hydrogen-bond donors (Lipinski definition) is 2. The van der Waals surface area contributed by atoms with Gasteiger partial charge >= 0.3 is 0 Å². The van der Waals surface area contributed by atoms with E-state index in [-0.39, 0.29) is 35.5 Å². The largest absolute Gasteiger partial charge is 0.490 e. The Bertz CT molecular complexity index is 1750. The van der Waals surface area contributed by atoms with Crippen LogP contribution in [0.1, 0.15) is 73.9 Å². The molecule has 272 valence electrons. The van der Waals surface area contributed by atoms with Gasteiger partial charge in [0.2, 0.25) is 5.91 Å². The molecule has 2 aliphatic heterocycles. The molecule has 2 aliphatic carbocycles. The number of halogens is 1. The molecule has 2 bridgehead atoms. The average molecular weight is 726 g/mol. The number of methoxy groups -OCH3 is 1. The Morgan fingerprint density at radius 1 is 1.24 bits per heavy atom. The average Bonchev–Trinajstić information content (AvgIpc) is 3.21. The van der Waals surface area contributed by atoms with Gasteiger partial charge in [0, 0.05) is 55.0 Å². The number of carbonyl (C=O) groups is 2. The van der Waals surface area contributed by atoms with Gasteiger partial charge in [-0.1, -0.05) is 36.7 Å². The summed E-state index contributed by atoms with van der Waals surface area (Å²) in [4.78, 5) is 31.2. The molecule has 4 aliphatic rings. The van der Waals surface area contributed by atoms with E-state index in [9.17, 15) is 18.9 Å². The van der Waals surface area contributed by atoms with Crippen LogP contribution in [0.4, 0.5) is 5.69 Å². The molecule has 2 amide bonds. The van der Waals surface area contributed by atoms with Gasteiger partial charge in [0.15, 0.2) is 0 Å². The lowest BCUT2D eigenvalue weighted by molar-refractivity contribution is -0.138. The van der Waals surface area contributed by atoms with Crippen LogP contribution in [-0.4, -0.2) is 89.8 Å². The lowest BCUT2D eigenvalue weighted by Crippen LogP contribution is -2.53. The number of anilines is 1. The second kappa shape index (κ2) is 14.5. The number of nitrogens with zero attached hydrogens (tertiary/aromatic N) is 2. The van der Waals surface area contributed by atoms with E-state index in [4.69, 9.17) is 21.1 Å². The van der Waals surface area contributed by atoms with E-state index in [1.807, 2.05) is 44.2 Å². The molecule has 0 saturated heterocycles. The first-order chi connectivity index (χ1) is 23.7. The van der Waals surface area contributed by atoms with Gasteiger partial charge in [-0.15, -0.1) is 0 Å². The molecule has 1 saturated carbocycles. The quantitative estimate of drug-likeness (QED) is 0.314. The molecule has 7 atom stereocenters. The molecule has 1 unspecified atom stereocenters. The smallest absolute Gasteiger partial charge is 0.262 e. The van der Waals surface area contributed by atoms with Crippen molar-refractivity contribution in [3.8, 4) is 5.75 Å². The van der Waals surface area contributed by atoms with Crippen LogP contribution in [0.3, 0.4) is 0 Å². The van der Waals surface area contributed by atoms with Crippen LogP contribution in [0.15, 0.2) is 48.6 Å². The first kappa shape index (κ1) is 36.7. The minimum atomic E-state index is -3.04. The lowest BCUT2D eigenvalue weighted by Gasteiger charge is -2.49. The zero-order valence-electron chi connectivity index (χ0n) is 29.8. The molecule has 2 aromatic carbocycles. The monoisotopic (exact) mass is 725 g/mol. The predicted molar refractivity (Wildman–Crippen MR) is 201 cm³/mol. The van der Waals surface area contributed by atoms with Crippen molar-refractivity contribution >= 4 is 44.7 Å². The Kier molecular flexibility index (Phi) is 10.7. The minimum Gasteiger partial charge on any atom is -0.490 e. The van der Waals surface area contributed by atoms with Gasteiger partial charge in [0.25, 0.3) is 5.91 Å². The van der Waals surface area contributed by atoms with E-state index in [0.717, 1.165) is 42.8 Å². The zero-order chi connectivity index (χ0) is 35.8. The first-order valence-electron chi connectivity index (χ1n) is 17.9. The predicted octanol–water partition coefficient (Wildman–Crippen LogP) is 5.41. The Hall–Kier alpha value is -3.05. The third kappa shape index (κ3) is 7.31. The Balaban J connectivity index is 1.42. The van der Waals surface area contributed by atoms with E-state index < -0.39 is 26.5 Å². The summed E-state index contributed by atoms with van der Waals surface area (Å²) in [6.45, 7) is 6.38. The first-order valence-corrected chi connectivity index (χ1v) is 20.0. The summed E-state index contributed by atoms with van der Waals surface area (Å²) in [5.41, 5.74) is 1.96. The van der Waals surface area contributed by atoms with Crippen LogP contribution < -0.4 is 14.4 Å². The number of rotatable bonds is 5. The number of carbonyl (C=O) groups excluding carboxylic acids is 2. The maximum atomic E-state index is 13.9. The molecule has 2 aromatic rings. The van der Waals surface area contributed by atoms with Gasteiger partial charge in [0.1, 0.15) is 5.75 Å². The summed E-state index contributed by atoms with van der Waals surface area (Å²) in [5, 5.41) is 12.8. The fourth-order valence-electron chi connectivity index (χ4n) is 8.39. The Morgan fingerprint density at radius 3 is 2.78 bits per heavy atom. The van der Waals surface area contributed by atoms with Gasteiger partial charge in [0.05, 0.1) is 40.6 Å². The van der Waals surface area contributed by atoms with E-state index in [1.54, 1.807) is 25.1 Å². The summed E-state index contributed by atoms with van der Waals surface area (Å²) < 4.78 is 28.5. The second-order valence-electron chi connectivity index (χ2n) is 15.2. The maximum absolute atomic E-state index is 13.9. The van der Waals surface area contributed by atoms with E-state index in [1.165, 1.54) is 11.1 Å². The van der Waals surface area contributed by atoms with Crippen LogP contribution in [0, 0.1) is 17.8 Å². The van der Waals surface area contributed by atoms with Gasteiger partial charge in [-0.05, 0) is 111 Å². The number of aryl methyl sites for hydroxylation is 1. The maximum Gasteiger partial charge on any atom is 0.262 e. The van der Waals surface area contributed by atoms with Crippen LogP contribution in [0.25, 0.3) is 0 Å². The fourth-order valence-corrected chi connectivity index (χ4v) is 10.1. The van der Waals surface area contributed by atoms with Gasteiger partial charge in [-0.25, -0.2) is 4.21 Å². The Morgan fingerprint density at radius 2 is 2.04 bits per heavy atom. The van der Waals surface area contributed by atoms with Gasteiger partial charge in [-0.2, -0.15) is 0 Å². The van der Waals surface area contributed by atoms with E-state index in [0.29, 0.717) is 50.6 Å². The molecular formula is C39H52ClN3O6S. The number of benzene rings is 2. The van der Waals surface area contributed by atoms with Gasteiger partial charge < -0.3 is 24.4 Å². The third-order valence-electron chi connectivity index (χ3n) is 11.9. The van der Waals surface area contributed by atoms with Crippen LogP contribution >= 0.6 is 11.6 Å². The van der Waals surface area contributed by atoms with Crippen molar-refractivity contribution < 1.29 is 28.4 Å². The molecule has 6 rings (SSSR count). The van der Waals surface area contributed by atoms with Crippen molar-refractivity contribution in [3.63, 3.8) is 0 Å². The van der Waals surface area contributed by atoms with Crippen molar-refractivity contribution in [2.24, 2.45) is 17.8 Å². The van der Waals surface area contributed by atoms with Crippen LogP contribution in [0.2, 0.25) is 5.02 Å². The number of aliphatic hydroxyl groups is 1. The highest BCUT2D eigenvalue weighted by Gasteiger charge is 2.49. The molecule has 1 fully saturated rings. The summed E-state index contributed by atoms with van der Waals surface area (Å²) in [5.74, 6) is 3.88. The van der Waals surface area contributed by atoms with Crippen molar-refractivity contribution in [3.05, 3.63) is 70.3 Å². The van der Waals surface area contributed by atoms with Crippen molar-refractivity contribution in [1.29, 1.82) is 0 Å². The number of nitrogens with one attached hydrogen (secondary N) is 1.